The normalized spacial score (nSPS) is 6.00. The smallest absolute Gasteiger partial charge is 1.00 e. The molecule has 0 aromatic carbocycles. The summed E-state index contributed by atoms with van der Waals surface area (Å²) < 4.78 is 10.5. The number of rotatable bonds is 1. The number of alkyl halides is 1. The zero-order valence-electron chi connectivity index (χ0n) is 4.24. The number of halogens is 1. The van der Waals surface area contributed by atoms with Crippen molar-refractivity contribution >= 4 is 0 Å². The van der Waals surface area contributed by atoms with Crippen molar-refractivity contribution in [1.29, 1.82) is 0 Å². The molecule has 5 heavy (non-hydrogen) atoms. The van der Waals surface area contributed by atoms with Gasteiger partial charge in [-0.15, -0.1) is 0 Å². The third kappa shape index (κ3) is 10.8. The molecular weight excluding hydrogens is 98.1 g/mol. The summed E-state index contributed by atoms with van der Waals surface area (Å²) in [5.41, 5.74) is 0. The Hall–Kier alpha value is 1.53. The predicted molar refractivity (Wildman–Crippen MR) is 14.2 cm³/mol. The molecule has 0 aliphatic heterocycles. The molecular formula is C2H6FKO. The Kier molecular flexibility index (Phi) is 17.7. The molecule has 0 unspecified atom stereocenters. The van der Waals surface area contributed by atoms with Gasteiger partial charge in [0, 0.05) is 0 Å². The van der Waals surface area contributed by atoms with Gasteiger partial charge in [0.05, 0.1) is 6.61 Å². The molecule has 0 saturated heterocycles. The topological polar surface area (TPSA) is 20.2 Å². The third-order valence-corrected chi connectivity index (χ3v) is 0.0845. The summed E-state index contributed by atoms with van der Waals surface area (Å²) in [4.78, 5) is 0. The number of hydrogen-bond donors (Lipinski definition) is 1. The standard InChI is InChI=1S/C2H5FO.K.H/c3-1-2-4;;/h4H,1-2H2;;/q;+1;-1. The molecule has 0 saturated carbocycles. The molecule has 0 aromatic rings. The summed E-state index contributed by atoms with van der Waals surface area (Å²) in [5, 5.41) is 7.50. The Balaban J connectivity index is -0.0000000450. The van der Waals surface area contributed by atoms with E-state index in [0.717, 1.165) is 0 Å². The Labute approximate surface area is 74.5 Å². The van der Waals surface area contributed by atoms with E-state index in [1.165, 1.54) is 0 Å². The minimum Gasteiger partial charge on any atom is -1.00 e. The Morgan fingerprint density at radius 1 is 1.80 bits per heavy atom. The van der Waals surface area contributed by atoms with E-state index in [2.05, 4.69) is 0 Å². The van der Waals surface area contributed by atoms with Crippen molar-refractivity contribution in [1.82, 2.24) is 0 Å². The van der Waals surface area contributed by atoms with Crippen molar-refractivity contribution in [2.24, 2.45) is 0 Å². The predicted octanol–water partition coefficient (Wildman–Crippen LogP) is -2.94. The van der Waals surface area contributed by atoms with Gasteiger partial charge in [0.2, 0.25) is 0 Å². The molecule has 0 atom stereocenters. The van der Waals surface area contributed by atoms with Crippen molar-refractivity contribution in [3.8, 4) is 0 Å². The summed E-state index contributed by atoms with van der Waals surface area (Å²) in [6.07, 6.45) is 0. The molecule has 0 bridgehead atoms. The van der Waals surface area contributed by atoms with Crippen LogP contribution in [0.25, 0.3) is 0 Å². The summed E-state index contributed by atoms with van der Waals surface area (Å²) >= 11 is 0. The fraction of sp³-hybridized carbons (Fsp3) is 1.00. The Morgan fingerprint density at radius 3 is 2.00 bits per heavy atom. The zero-order chi connectivity index (χ0) is 3.41. The van der Waals surface area contributed by atoms with E-state index in [9.17, 15) is 4.39 Å². The molecule has 3 heteroatoms. The SMILES string of the molecule is OCCF.[H-].[K+]. The number of aliphatic hydroxyl groups is 1. The number of hydrogen-bond acceptors (Lipinski definition) is 1. The zero-order valence-corrected chi connectivity index (χ0v) is 6.36. The molecule has 1 N–H and O–H groups in total. The van der Waals surface area contributed by atoms with Gasteiger partial charge in [-0.1, -0.05) is 0 Å². The molecule has 0 aliphatic carbocycles. The van der Waals surface area contributed by atoms with Crippen molar-refractivity contribution in [3.05, 3.63) is 0 Å². The monoisotopic (exact) mass is 104 g/mol. The van der Waals surface area contributed by atoms with Gasteiger partial charge in [0.15, 0.2) is 0 Å². The molecule has 0 spiro atoms. The fourth-order valence-electron chi connectivity index (χ4n) is 0. The van der Waals surface area contributed by atoms with E-state index in [4.69, 9.17) is 5.11 Å². The quantitative estimate of drug-likeness (QED) is 0.353. The second-order valence-electron chi connectivity index (χ2n) is 0.413. The van der Waals surface area contributed by atoms with Crippen molar-refractivity contribution < 1.29 is 62.3 Å². The van der Waals surface area contributed by atoms with E-state index < -0.39 is 6.67 Å². The minimum atomic E-state index is -0.625. The van der Waals surface area contributed by atoms with Crippen LogP contribution in [0.4, 0.5) is 4.39 Å². The van der Waals surface area contributed by atoms with Gasteiger partial charge >= 0.3 is 51.4 Å². The van der Waals surface area contributed by atoms with Gasteiger partial charge in [0.25, 0.3) is 0 Å². The molecule has 0 aromatic heterocycles. The van der Waals surface area contributed by atoms with Crippen LogP contribution in [0.3, 0.4) is 0 Å². The van der Waals surface area contributed by atoms with Crippen molar-refractivity contribution in [2.75, 3.05) is 13.3 Å². The van der Waals surface area contributed by atoms with Gasteiger partial charge < -0.3 is 6.53 Å². The van der Waals surface area contributed by atoms with Crippen LogP contribution in [0, 0.1) is 0 Å². The van der Waals surface area contributed by atoms with Gasteiger partial charge in [-0.2, -0.15) is 0 Å². The van der Waals surface area contributed by atoms with Crippen LogP contribution in [0.1, 0.15) is 1.43 Å². The summed E-state index contributed by atoms with van der Waals surface area (Å²) in [5.74, 6) is 0. The fourth-order valence-corrected chi connectivity index (χ4v) is 0. The van der Waals surface area contributed by atoms with E-state index in [0.29, 0.717) is 0 Å². The van der Waals surface area contributed by atoms with Crippen LogP contribution in [0.5, 0.6) is 0 Å². The van der Waals surface area contributed by atoms with E-state index in [1.54, 1.807) is 0 Å². The van der Waals surface area contributed by atoms with Crippen LogP contribution >= 0.6 is 0 Å². The van der Waals surface area contributed by atoms with E-state index in [1.807, 2.05) is 0 Å². The van der Waals surface area contributed by atoms with Crippen LogP contribution < -0.4 is 51.4 Å². The first kappa shape index (κ1) is 9.73. The van der Waals surface area contributed by atoms with Gasteiger partial charge in [0.1, 0.15) is 6.67 Å². The summed E-state index contributed by atoms with van der Waals surface area (Å²) in [7, 11) is 0. The van der Waals surface area contributed by atoms with E-state index in [-0.39, 0.29) is 59.4 Å². The largest absolute Gasteiger partial charge is 1.00 e. The van der Waals surface area contributed by atoms with E-state index >= 15 is 0 Å². The van der Waals surface area contributed by atoms with Gasteiger partial charge in [-0.05, 0) is 0 Å². The second-order valence-corrected chi connectivity index (χ2v) is 0.413. The van der Waals surface area contributed by atoms with Crippen LogP contribution in [-0.4, -0.2) is 18.4 Å². The molecule has 0 rings (SSSR count). The van der Waals surface area contributed by atoms with Gasteiger partial charge in [-0.3, -0.25) is 0 Å². The first-order valence-electron chi connectivity index (χ1n) is 1.08. The molecule has 0 aliphatic rings. The maximum absolute atomic E-state index is 10.5. The van der Waals surface area contributed by atoms with Crippen molar-refractivity contribution in [2.45, 2.75) is 0 Å². The second kappa shape index (κ2) is 9.11. The first-order chi connectivity index (χ1) is 1.91. The number of aliphatic hydroxyl groups excluding tert-OH is 1. The van der Waals surface area contributed by atoms with Gasteiger partial charge in [-0.25, -0.2) is 4.39 Å². The Morgan fingerprint density at radius 2 is 2.00 bits per heavy atom. The third-order valence-electron chi connectivity index (χ3n) is 0.0845. The van der Waals surface area contributed by atoms with Crippen LogP contribution in [0.2, 0.25) is 0 Å². The average molecular weight is 104 g/mol. The maximum atomic E-state index is 10.5. The van der Waals surface area contributed by atoms with Crippen LogP contribution in [-0.2, 0) is 0 Å². The van der Waals surface area contributed by atoms with Crippen molar-refractivity contribution in [3.63, 3.8) is 0 Å². The van der Waals surface area contributed by atoms with Crippen LogP contribution in [0.15, 0.2) is 0 Å². The molecule has 0 heterocycles. The molecule has 28 valence electrons. The summed E-state index contributed by atoms with van der Waals surface area (Å²) in [6, 6.07) is 0. The minimum absolute atomic E-state index is 0. The maximum Gasteiger partial charge on any atom is 1.00 e. The molecule has 1 nitrogen and oxygen atoms in total. The molecule has 0 amide bonds. The average Bonchev–Trinajstić information content (AvgIpc) is 1.37. The Bertz CT molecular complexity index is 15.5. The molecule has 0 radical (unpaired) electrons. The molecule has 0 fully saturated rings. The first-order valence-corrected chi connectivity index (χ1v) is 1.08. The summed E-state index contributed by atoms with van der Waals surface area (Å²) in [6.45, 7) is -0.972.